The largest absolute Gasteiger partial charge is 0.508 e. The Labute approximate surface area is 122 Å². The average molecular weight is 285 g/mol. The summed E-state index contributed by atoms with van der Waals surface area (Å²) >= 11 is 0. The Kier molecular flexibility index (Phi) is 6.11. The lowest BCUT2D eigenvalue weighted by molar-refractivity contribution is 0.211. The van der Waals surface area contributed by atoms with E-state index in [0.29, 0.717) is 11.2 Å². The molecule has 0 amide bonds. The van der Waals surface area contributed by atoms with Crippen LogP contribution in [0.1, 0.15) is 18.9 Å². The number of aromatic hydroxyl groups is 1. The molecule has 1 aromatic rings. The number of nitrogens with zero attached hydrogens (tertiary/aromatic N) is 1. The van der Waals surface area contributed by atoms with Gasteiger partial charge >= 0.3 is 0 Å². The molecule has 1 saturated heterocycles. The van der Waals surface area contributed by atoms with E-state index in [1.54, 1.807) is 6.07 Å². The summed E-state index contributed by atoms with van der Waals surface area (Å²) in [6.07, 6.45) is 2.17. The van der Waals surface area contributed by atoms with Crippen LogP contribution in [0.25, 0.3) is 0 Å². The van der Waals surface area contributed by atoms with Crippen molar-refractivity contribution < 1.29 is 5.11 Å². The van der Waals surface area contributed by atoms with Gasteiger partial charge in [0, 0.05) is 19.6 Å². The summed E-state index contributed by atoms with van der Waals surface area (Å²) in [5, 5.41) is 13.2. The van der Waals surface area contributed by atoms with Gasteiger partial charge in [-0.2, -0.15) is 0 Å². The SMILES string of the molecule is CN(CCc1ccccc1O)CC1(C)CCNC1.Cl. The van der Waals surface area contributed by atoms with Gasteiger partial charge in [-0.25, -0.2) is 0 Å². The third-order valence-corrected chi connectivity index (χ3v) is 3.86. The predicted octanol–water partition coefficient (Wildman–Crippen LogP) is 2.29. The van der Waals surface area contributed by atoms with E-state index in [2.05, 4.69) is 24.2 Å². The van der Waals surface area contributed by atoms with E-state index in [9.17, 15) is 5.11 Å². The van der Waals surface area contributed by atoms with Crippen LogP contribution in [0.5, 0.6) is 5.75 Å². The predicted molar refractivity (Wildman–Crippen MR) is 82.1 cm³/mol. The van der Waals surface area contributed by atoms with Gasteiger partial charge in [-0.05, 0) is 43.5 Å². The van der Waals surface area contributed by atoms with Crippen molar-refractivity contribution >= 4 is 12.4 Å². The molecule has 1 fully saturated rings. The van der Waals surface area contributed by atoms with Gasteiger partial charge in [0.25, 0.3) is 0 Å². The minimum absolute atomic E-state index is 0. The smallest absolute Gasteiger partial charge is 0.118 e. The van der Waals surface area contributed by atoms with Crippen molar-refractivity contribution in [3.8, 4) is 5.75 Å². The second-order valence-electron chi connectivity index (χ2n) is 5.85. The van der Waals surface area contributed by atoms with E-state index in [-0.39, 0.29) is 12.4 Å². The highest BCUT2D eigenvalue weighted by atomic mass is 35.5. The summed E-state index contributed by atoms with van der Waals surface area (Å²) < 4.78 is 0. The molecule has 2 N–H and O–H groups in total. The second kappa shape index (κ2) is 7.13. The highest BCUT2D eigenvalue weighted by Gasteiger charge is 2.29. The molecule has 2 rings (SSSR count). The van der Waals surface area contributed by atoms with E-state index in [4.69, 9.17) is 0 Å². The van der Waals surface area contributed by atoms with Crippen LogP contribution in [0.3, 0.4) is 0 Å². The summed E-state index contributed by atoms with van der Waals surface area (Å²) in [5.41, 5.74) is 1.45. The molecule has 0 spiro atoms. The van der Waals surface area contributed by atoms with Gasteiger partial charge in [0.2, 0.25) is 0 Å². The van der Waals surface area contributed by atoms with Gasteiger partial charge in [-0.3, -0.25) is 0 Å². The van der Waals surface area contributed by atoms with Crippen LogP contribution in [0.2, 0.25) is 0 Å². The third-order valence-electron chi connectivity index (χ3n) is 3.86. The third kappa shape index (κ3) is 4.68. The molecule has 0 aromatic heterocycles. The standard InChI is InChI=1S/C15H24N2O.ClH/c1-15(8-9-16-11-15)12-17(2)10-7-13-5-3-4-6-14(13)18;/h3-6,16,18H,7-12H2,1-2H3;1H. The number of benzene rings is 1. The number of likely N-dealkylation sites (N-methyl/N-ethyl adjacent to an activating group) is 1. The van der Waals surface area contributed by atoms with Crippen LogP contribution in [-0.4, -0.2) is 43.2 Å². The van der Waals surface area contributed by atoms with Gasteiger partial charge in [-0.15, -0.1) is 12.4 Å². The molecule has 4 heteroatoms. The normalized spacial score (nSPS) is 22.5. The summed E-state index contributed by atoms with van der Waals surface area (Å²) in [6.45, 7) is 6.72. The Hall–Kier alpha value is -0.770. The number of para-hydroxylation sites is 1. The second-order valence-corrected chi connectivity index (χ2v) is 5.85. The van der Waals surface area contributed by atoms with Crippen molar-refractivity contribution in [3.05, 3.63) is 29.8 Å². The van der Waals surface area contributed by atoms with Gasteiger partial charge in [0.05, 0.1) is 0 Å². The zero-order valence-electron chi connectivity index (χ0n) is 11.9. The Morgan fingerprint density at radius 1 is 1.37 bits per heavy atom. The van der Waals surface area contributed by atoms with Crippen LogP contribution in [0.4, 0.5) is 0 Å². The molecule has 1 heterocycles. The first kappa shape index (κ1) is 16.3. The van der Waals surface area contributed by atoms with E-state index < -0.39 is 0 Å². The van der Waals surface area contributed by atoms with Crippen LogP contribution < -0.4 is 5.32 Å². The Bertz CT molecular complexity index is 391. The summed E-state index contributed by atoms with van der Waals surface area (Å²) in [5.74, 6) is 0.416. The summed E-state index contributed by atoms with van der Waals surface area (Å²) in [6, 6.07) is 7.62. The lowest BCUT2D eigenvalue weighted by Gasteiger charge is -2.29. The van der Waals surface area contributed by atoms with Crippen LogP contribution in [0, 0.1) is 5.41 Å². The van der Waals surface area contributed by atoms with E-state index >= 15 is 0 Å². The fourth-order valence-corrected chi connectivity index (χ4v) is 2.77. The minimum atomic E-state index is 0. The molecular formula is C15H25ClN2O. The fourth-order valence-electron chi connectivity index (χ4n) is 2.77. The van der Waals surface area contributed by atoms with Crippen LogP contribution >= 0.6 is 12.4 Å². The zero-order chi connectivity index (χ0) is 13.0. The van der Waals surface area contributed by atoms with Gasteiger partial charge in [-0.1, -0.05) is 25.1 Å². The molecule has 0 bridgehead atoms. The highest BCUT2D eigenvalue weighted by molar-refractivity contribution is 5.85. The van der Waals surface area contributed by atoms with Crippen LogP contribution in [-0.2, 0) is 6.42 Å². The first-order valence-corrected chi connectivity index (χ1v) is 6.75. The molecule has 1 aliphatic rings. The number of halogens is 1. The number of phenols is 1. The molecule has 19 heavy (non-hydrogen) atoms. The number of phenolic OH excluding ortho intramolecular Hbond substituents is 1. The average Bonchev–Trinajstić information content (AvgIpc) is 2.74. The van der Waals surface area contributed by atoms with Gasteiger partial charge in [0.15, 0.2) is 0 Å². The van der Waals surface area contributed by atoms with Crippen LogP contribution in [0.15, 0.2) is 24.3 Å². The van der Waals surface area contributed by atoms with Crippen molar-refractivity contribution in [2.24, 2.45) is 5.41 Å². The highest BCUT2D eigenvalue weighted by Crippen LogP contribution is 2.25. The molecule has 1 aromatic carbocycles. The molecule has 108 valence electrons. The topological polar surface area (TPSA) is 35.5 Å². The van der Waals surface area contributed by atoms with Gasteiger partial charge in [0.1, 0.15) is 5.75 Å². The first-order valence-electron chi connectivity index (χ1n) is 6.75. The number of hydrogen-bond acceptors (Lipinski definition) is 3. The number of hydrogen-bond donors (Lipinski definition) is 2. The van der Waals surface area contributed by atoms with Gasteiger partial charge < -0.3 is 15.3 Å². The summed E-state index contributed by atoms with van der Waals surface area (Å²) in [4.78, 5) is 2.37. The molecule has 0 radical (unpaired) electrons. The lowest BCUT2D eigenvalue weighted by atomic mass is 9.89. The quantitative estimate of drug-likeness (QED) is 0.871. The maximum absolute atomic E-state index is 9.73. The fraction of sp³-hybridized carbons (Fsp3) is 0.600. The maximum atomic E-state index is 9.73. The lowest BCUT2D eigenvalue weighted by Crippen LogP contribution is -2.36. The summed E-state index contributed by atoms with van der Waals surface area (Å²) in [7, 11) is 2.17. The Morgan fingerprint density at radius 2 is 2.11 bits per heavy atom. The Morgan fingerprint density at radius 3 is 2.74 bits per heavy atom. The Balaban J connectivity index is 0.00000180. The van der Waals surface area contributed by atoms with Crippen molar-refractivity contribution in [1.82, 2.24) is 10.2 Å². The molecule has 1 unspecified atom stereocenters. The zero-order valence-corrected chi connectivity index (χ0v) is 12.7. The van der Waals surface area contributed by atoms with Crippen molar-refractivity contribution in [2.75, 3.05) is 33.2 Å². The first-order chi connectivity index (χ1) is 8.59. The molecule has 3 nitrogen and oxygen atoms in total. The van der Waals surface area contributed by atoms with E-state index in [1.165, 1.54) is 6.42 Å². The van der Waals surface area contributed by atoms with E-state index in [0.717, 1.165) is 38.2 Å². The number of rotatable bonds is 5. The van der Waals surface area contributed by atoms with Crippen molar-refractivity contribution in [3.63, 3.8) is 0 Å². The molecule has 1 atom stereocenters. The number of nitrogens with one attached hydrogen (secondary N) is 1. The molecule has 0 aliphatic carbocycles. The van der Waals surface area contributed by atoms with Crippen molar-refractivity contribution in [2.45, 2.75) is 19.8 Å². The van der Waals surface area contributed by atoms with E-state index in [1.807, 2.05) is 18.2 Å². The monoisotopic (exact) mass is 284 g/mol. The molecular weight excluding hydrogens is 260 g/mol. The maximum Gasteiger partial charge on any atom is 0.118 e. The minimum Gasteiger partial charge on any atom is -0.508 e. The molecule has 1 aliphatic heterocycles. The molecule has 0 saturated carbocycles. The van der Waals surface area contributed by atoms with Crippen molar-refractivity contribution in [1.29, 1.82) is 0 Å².